The highest BCUT2D eigenvalue weighted by Gasteiger charge is 2.33. The molecule has 0 amide bonds. The summed E-state index contributed by atoms with van der Waals surface area (Å²) in [5, 5.41) is 0. The van der Waals surface area contributed by atoms with Gasteiger partial charge in [0, 0.05) is 29.0 Å². The van der Waals surface area contributed by atoms with Crippen LogP contribution >= 0.6 is 0 Å². The minimum Gasteiger partial charge on any atom is -0.376 e. The number of fused-ring (bicyclic) bond motifs is 3. The van der Waals surface area contributed by atoms with E-state index >= 15 is 0 Å². The van der Waals surface area contributed by atoms with E-state index in [0.29, 0.717) is 46.1 Å². The molecule has 6 heteroatoms. The molecule has 3 aliphatic rings. The standard InChI is InChI=1S/C13H16O2.C12H14O2.C11H12O2/c1-9-4-5-10-7-15-8-13(2,3)12(14)11(10)6-9;1-8-3-4-10-7-14-6-9(2)12(13)11(10)5-8;1-8-2-3-9-7-13-5-4-11(12)10(9)6-8/h4-6H,7-8H2,1-3H3;3-5,9H,6-7H2,1-2H3;2-3,6H,4-5,7H2,1H3. The molecule has 6 nitrogen and oxygen atoms in total. The fourth-order valence-electron chi connectivity index (χ4n) is 5.16. The van der Waals surface area contributed by atoms with Gasteiger partial charge in [0.05, 0.1) is 45.1 Å². The van der Waals surface area contributed by atoms with Crippen molar-refractivity contribution in [3.05, 3.63) is 105 Å². The second kappa shape index (κ2) is 13.7. The zero-order chi connectivity index (χ0) is 30.4. The number of ketones is 3. The van der Waals surface area contributed by atoms with Crippen molar-refractivity contribution in [3.8, 4) is 0 Å². The van der Waals surface area contributed by atoms with E-state index in [1.807, 2.05) is 96.1 Å². The van der Waals surface area contributed by atoms with E-state index in [1.165, 1.54) is 0 Å². The fourth-order valence-corrected chi connectivity index (χ4v) is 5.16. The van der Waals surface area contributed by atoms with Crippen LogP contribution in [-0.2, 0) is 34.0 Å². The molecular weight excluding hydrogens is 528 g/mol. The largest absolute Gasteiger partial charge is 0.376 e. The van der Waals surface area contributed by atoms with Crippen molar-refractivity contribution in [1.82, 2.24) is 0 Å². The maximum absolute atomic E-state index is 12.2. The summed E-state index contributed by atoms with van der Waals surface area (Å²) in [6, 6.07) is 17.9. The SMILES string of the molecule is Cc1ccc2c(c1)C(=O)C(C)(C)COC2.Cc1ccc2c(c1)C(=O)C(C)COC2.Cc1ccc2c(c1)C(=O)CCOC2. The van der Waals surface area contributed by atoms with Gasteiger partial charge in [-0.15, -0.1) is 0 Å². The summed E-state index contributed by atoms with van der Waals surface area (Å²) in [7, 11) is 0. The normalized spacial score (nSPS) is 19.3. The van der Waals surface area contributed by atoms with Crippen molar-refractivity contribution in [2.75, 3.05) is 19.8 Å². The highest BCUT2D eigenvalue weighted by Crippen LogP contribution is 2.29. The van der Waals surface area contributed by atoms with Gasteiger partial charge in [0.15, 0.2) is 17.3 Å². The molecule has 0 fully saturated rings. The molecule has 3 aromatic rings. The number of carbonyl (C=O) groups excluding carboxylic acids is 3. The maximum Gasteiger partial charge on any atom is 0.171 e. The van der Waals surface area contributed by atoms with Crippen molar-refractivity contribution in [2.24, 2.45) is 11.3 Å². The van der Waals surface area contributed by atoms with E-state index in [9.17, 15) is 14.4 Å². The Bertz CT molecular complexity index is 1470. The first kappa shape index (κ1) is 31.5. The second-order valence-electron chi connectivity index (χ2n) is 12.2. The van der Waals surface area contributed by atoms with E-state index in [0.717, 1.165) is 50.1 Å². The Balaban J connectivity index is 0.000000145. The third-order valence-corrected chi connectivity index (χ3v) is 7.75. The molecule has 0 radical (unpaired) electrons. The van der Waals surface area contributed by atoms with Crippen LogP contribution in [0.5, 0.6) is 0 Å². The van der Waals surface area contributed by atoms with Crippen molar-refractivity contribution >= 4 is 17.3 Å². The average Bonchev–Trinajstić information content (AvgIpc) is 3.27. The summed E-state index contributed by atoms with van der Waals surface area (Å²) in [6.07, 6.45) is 0.510. The minimum atomic E-state index is -0.404. The molecule has 42 heavy (non-hydrogen) atoms. The monoisotopic (exact) mass is 570 g/mol. The van der Waals surface area contributed by atoms with Crippen LogP contribution in [0.25, 0.3) is 0 Å². The summed E-state index contributed by atoms with van der Waals surface area (Å²) in [6.45, 7) is 15.1. The predicted octanol–water partition coefficient (Wildman–Crippen LogP) is 7.18. The summed E-state index contributed by atoms with van der Waals surface area (Å²) >= 11 is 0. The zero-order valence-electron chi connectivity index (χ0n) is 25.7. The zero-order valence-corrected chi connectivity index (χ0v) is 25.7. The van der Waals surface area contributed by atoms with Gasteiger partial charge in [-0.05, 0) is 55.7 Å². The Labute approximate surface area is 249 Å². The molecule has 3 aliphatic heterocycles. The molecule has 0 saturated carbocycles. The van der Waals surface area contributed by atoms with E-state index in [2.05, 4.69) is 0 Å². The van der Waals surface area contributed by atoms with Crippen LogP contribution < -0.4 is 0 Å². The first-order valence-corrected chi connectivity index (χ1v) is 14.6. The number of aryl methyl sites for hydroxylation is 3. The van der Waals surface area contributed by atoms with Gasteiger partial charge in [-0.25, -0.2) is 0 Å². The van der Waals surface area contributed by atoms with Gasteiger partial charge in [0.2, 0.25) is 0 Å². The van der Waals surface area contributed by atoms with Gasteiger partial charge < -0.3 is 14.2 Å². The minimum absolute atomic E-state index is 0.0157. The quantitative estimate of drug-likeness (QED) is 0.285. The summed E-state index contributed by atoms with van der Waals surface area (Å²) in [5.41, 5.74) is 8.55. The molecule has 3 aromatic carbocycles. The van der Waals surface area contributed by atoms with Gasteiger partial charge in [-0.1, -0.05) is 73.9 Å². The molecule has 0 aliphatic carbocycles. The Hall–Kier alpha value is -3.45. The molecule has 0 aromatic heterocycles. The molecule has 0 saturated heterocycles. The van der Waals surface area contributed by atoms with Gasteiger partial charge in [0.25, 0.3) is 0 Å². The molecular formula is C36H42O6. The number of hydrogen-bond acceptors (Lipinski definition) is 6. The highest BCUT2D eigenvalue weighted by molar-refractivity contribution is 6.02. The lowest BCUT2D eigenvalue weighted by atomic mass is 9.84. The fraction of sp³-hybridized carbons (Fsp3) is 0.417. The maximum atomic E-state index is 12.2. The molecule has 0 spiro atoms. The Morgan fingerprint density at radius 2 is 1.17 bits per heavy atom. The number of Topliss-reactive ketones (excluding diaryl/α,β-unsaturated/α-hetero) is 3. The molecule has 3 heterocycles. The Kier molecular flexibility index (Phi) is 10.3. The lowest BCUT2D eigenvalue weighted by Crippen LogP contribution is -2.27. The van der Waals surface area contributed by atoms with Crippen molar-refractivity contribution < 1.29 is 28.6 Å². The van der Waals surface area contributed by atoms with Crippen LogP contribution in [0.2, 0.25) is 0 Å². The predicted molar refractivity (Wildman–Crippen MR) is 163 cm³/mol. The van der Waals surface area contributed by atoms with E-state index in [1.54, 1.807) is 0 Å². The van der Waals surface area contributed by atoms with E-state index in [-0.39, 0.29) is 23.3 Å². The molecule has 222 valence electrons. The second-order valence-corrected chi connectivity index (χ2v) is 12.2. The molecule has 0 N–H and O–H groups in total. The number of ether oxygens (including phenoxy) is 3. The van der Waals surface area contributed by atoms with Crippen molar-refractivity contribution in [3.63, 3.8) is 0 Å². The Morgan fingerprint density at radius 1 is 0.667 bits per heavy atom. The number of hydrogen-bond donors (Lipinski definition) is 0. The van der Waals surface area contributed by atoms with Crippen LogP contribution in [-0.4, -0.2) is 37.2 Å². The molecule has 1 atom stereocenters. The van der Waals surface area contributed by atoms with Crippen molar-refractivity contribution in [2.45, 2.75) is 67.8 Å². The van der Waals surface area contributed by atoms with Crippen LogP contribution in [0, 0.1) is 32.1 Å². The van der Waals surface area contributed by atoms with Crippen LogP contribution in [0.1, 0.15) is 91.6 Å². The van der Waals surface area contributed by atoms with Gasteiger partial charge in [-0.3, -0.25) is 14.4 Å². The molecule has 1 unspecified atom stereocenters. The number of rotatable bonds is 0. The average molecular weight is 571 g/mol. The third-order valence-electron chi connectivity index (χ3n) is 7.75. The number of carbonyl (C=O) groups is 3. The smallest absolute Gasteiger partial charge is 0.171 e. The van der Waals surface area contributed by atoms with Crippen LogP contribution in [0.15, 0.2) is 54.6 Å². The molecule has 6 rings (SSSR count). The van der Waals surface area contributed by atoms with Gasteiger partial charge in [-0.2, -0.15) is 0 Å². The first-order valence-electron chi connectivity index (χ1n) is 14.6. The summed E-state index contributed by atoms with van der Waals surface area (Å²) in [4.78, 5) is 35.7. The van der Waals surface area contributed by atoms with Gasteiger partial charge in [0.1, 0.15) is 0 Å². The first-order chi connectivity index (χ1) is 20.0. The highest BCUT2D eigenvalue weighted by atomic mass is 16.5. The third kappa shape index (κ3) is 7.68. The lowest BCUT2D eigenvalue weighted by molar-refractivity contribution is 0.0488. The van der Waals surface area contributed by atoms with Crippen LogP contribution in [0.4, 0.5) is 0 Å². The van der Waals surface area contributed by atoms with E-state index in [4.69, 9.17) is 14.2 Å². The topological polar surface area (TPSA) is 78.9 Å². The Morgan fingerprint density at radius 3 is 1.81 bits per heavy atom. The summed E-state index contributed by atoms with van der Waals surface area (Å²) in [5.74, 6) is 0.592. The van der Waals surface area contributed by atoms with Crippen LogP contribution in [0.3, 0.4) is 0 Å². The van der Waals surface area contributed by atoms with E-state index < -0.39 is 5.41 Å². The summed E-state index contributed by atoms with van der Waals surface area (Å²) < 4.78 is 16.3. The van der Waals surface area contributed by atoms with Crippen molar-refractivity contribution in [1.29, 1.82) is 0 Å². The van der Waals surface area contributed by atoms with Gasteiger partial charge >= 0.3 is 0 Å². The lowest BCUT2D eigenvalue weighted by Gasteiger charge is -2.19. The molecule has 0 bridgehead atoms. The number of benzene rings is 3.